The highest BCUT2D eigenvalue weighted by Crippen LogP contribution is 2.13. The summed E-state index contributed by atoms with van der Waals surface area (Å²) in [4.78, 5) is 16.9. The third-order valence-electron chi connectivity index (χ3n) is 4.24. The average Bonchev–Trinajstić information content (AvgIpc) is 2.48. The molecule has 0 aliphatic carbocycles. The van der Waals surface area contributed by atoms with E-state index in [1.165, 1.54) is 30.5 Å². The van der Waals surface area contributed by atoms with Gasteiger partial charge in [-0.2, -0.15) is 0 Å². The first kappa shape index (κ1) is 15.0. The van der Waals surface area contributed by atoms with Gasteiger partial charge in [-0.15, -0.1) is 0 Å². The Morgan fingerprint density at radius 1 is 1.10 bits per heavy atom. The van der Waals surface area contributed by atoms with Crippen molar-refractivity contribution in [2.75, 3.05) is 32.7 Å². The lowest BCUT2D eigenvalue weighted by Gasteiger charge is -2.34. The molecule has 1 heterocycles. The van der Waals surface area contributed by atoms with E-state index in [0.29, 0.717) is 0 Å². The molecule has 2 rings (SSSR count). The van der Waals surface area contributed by atoms with Crippen molar-refractivity contribution in [2.24, 2.45) is 0 Å². The Balaban J connectivity index is 1.92. The van der Waals surface area contributed by atoms with E-state index in [4.69, 9.17) is 0 Å². The van der Waals surface area contributed by atoms with E-state index in [9.17, 15) is 4.79 Å². The average molecular weight is 274 g/mol. The first-order valence-electron chi connectivity index (χ1n) is 7.70. The highest BCUT2D eigenvalue weighted by atomic mass is 16.2. The SMILES string of the molecule is CCCCN1CCN(C(=O)c2ccc(C)c(C)c2)CC1. The molecule has 0 bridgehead atoms. The molecule has 0 atom stereocenters. The van der Waals surface area contributed by atoms with E-state index in [1.54, 1.807) is 0 Å². The van der Waals surface area contributed by atoms with Crippen LogP contribution in [0, 0.1) is 13.8 Å². The number of carbonyl (C=O) groups excluding carboxylic acids is 1. The summed E-state index contributed by atoms with van der Waals surface area (Å²) in [5.74, 6) is 0.184. The monoisotopic (exact) mass is 274 g/mol. The number of hydrogen-bond donors (Lipinski definition) is 0. The molecule has 110 valence electrons. The van der Waals surface area contributed by atoms with Crippen LogP contribution < -0.4 is 0 Å². The number of amides is 1. The van der Waals surface area contributed by atoms with Gasteiger partial charge in [-0.05, 0) is 50.1 Å². The molecule has 0 radical (unpaired) electrons. The zero-order valence-corrected chi connectivity index (χ0v) is 13.0. The summed E-state index contributed by atoms with van der Waals surface area (Å²) in [6.07, 6.45) is 2.49. The van der Waals surface area contributed by atoms with Crippen molar-refractivity contribution in [2.45, 2.75) is 33.6 Å². The number of rotatable bonds is 4. The van der Waals surface area contributed by atoms with Gasteiger partial charge in [0.05, 0.1) is 0 Å². The molecule has 20 heavy (non-hydrogen) atoms. The summed E-state index contributed by atoms with van der Waals surface area (Å²) in [6, 6.07) is 6.01. The predicted octanol–water partition coefficient (Wildman–Crippen LogP) is 2.86. The Kier molecular flexibility index (Phi) is 5.18. The number of aryl methyl sites for hydroxylation is 2. The van der Waals surface area contributed by atoms with Gasteiger partial charge in [-0.1, -0.05) is 19.4 Å². The summed E-state index contributed by atoms with van der Waals surface area (Å²) in [5.41, 5.74) is 3.26. The van der Waals surface area contributed by atoms with Gasteiger partial charge in [0, 0.05) is 31.7 Å². The van der Waals surface area contributed by atoms with Crippen molar-refractivity contribution in [1.82, 2.24) is 9.80 Å². The molecule has 1 saturated heterocycles. The van der Waals surface area contributed by atoms with Gasteiger partial charge >= 0.3 is 0 Å². The van der Waals surface area contributed by atoms with Crippen molar-refractivity contribution in [1.29, 1.82) is 0 Å². The summed E-state index contributed by atoms with van der Waals surface area (Å²) in [6.45, 7) is 11.3. The quantitative estimate of drug-likeness (QED) is 0.843. The fraction of sp³-hybridized carbons (Fsp3) is 0.588. The number of hydrogen-bond acceptors (Lipinski definition) is 2. The normalized spacial score (nSPS) is 16.4. The Hall–Kier alpha value is -1.35. The molecule has 3 heteroatoms. The molecule has 1 aliphatic rings. The van der Waals surface area contributed by atoms with Crippen molar-refractivity contribution in [3.05, 3.63) is 34.9 Å². The van der Waals surface area contributed by atoms with Crippen LogP contribution >= 0.6 is 0 Å². The summed E-state index contributed by atoms with van der Waals surface area (Å²) in [5, 5.41) is 0. The van der Waals surface area contributed by atoms with Crippen LogP contribution in [0.5, 0.6) is 0 Å². The molecule has 1 fully saturated rings. The van der Waals surface area contributed by atoms with E-state index < -0.39 is 0 Å². The molecular formula is C17H26N2O. The van der Waals surface area contributed by atoms with Crippen LogP contribution in [0.15, 0.2) is 18.2 Å². The van der Waals surface area contributed by atoms with Gasteiger partial charge in [-0.25, -0.2) is 0 Å². The van der Waals surface area contributed by atoms with E-state index in [1.807, 2.05) is 23.1 Å². The zero-order valence-electron chi connectivity index (χ0n) is 13.0. The Labute approximate surface area is 122 Å². The highest BCUT2D eigenvalue weighted by molar-refractivity contribution is 5.94. The predicted molar refractivity (Wildman–Crippen MR) is 83.2 cm³/mol. The molecule has 0 aromatic heterocycles. The maximum Gasteiger partial charge on any atom is 0.253 e. The number of piperazine rings is 1. The molecule has 1 aromatic carbocycles. The lowest BCUT2D eigenvalue weighted by atomic mass is 10.1. The second-order valence-electron chi connectivity index (χ2n) is 5.79. The third kappa shape index (κ3) is 3.60. The third-order valence-corrected chi connectivity index (χ3v) is 4.24. The molecule has 0 saturated carbocycles. The minimum Gasteiger partial charge on any atom is -0.336 e. The Morgan fingerprint density at radius 2 is 1.80 bits per heavy atom. The lowest BCUT2D eigenvalue weighted by Crippen LogP contribution is -2.48. The van der Waals surface area contributed by atoms with Gasteiger partial charge in [-0.3, -0.25) is 9.69 Å². The molecular weight excluding hydrogens is 248 g/mol. The Bertz CT molecular complexity index is 462. The van der Waals surface area contributed by atoms with Crippen molar-refractivity contribution < 1.29 is 4.79 Å². The van der Waals surface area contributed by atoms with Gasteiger partial charge in [0.1, 0.15) is 0 Å². The van der Waals surface area contributed by atoms with E-state index in [0.717, 1.165) is 31.7 Å². The van der Waals surface area contributed by atoms with E-state index in [-0.39, 0.29) is 5.91 Å². The highest BCUT2D eigenvalue weighted by Gasteiger charge is 2.21. The van der Waals surface area contributed by atoms with Crippen LogP contribution in [0.4, 0.5) is 0 Å². The standard InChI is InChI=1S/C17H26N2O/c1-4-5-8-18-9-11-19(12-10-18)17(20)16-7-6-14(2)15(3)13-16/h6-7,13H,4-5,8-12H2,1-3H3. The second kappa shape index (κ2) is 6.89. The maximum atomic E-state index is 12.5. The summed E-state index contributed by atoms with van der Waals surface area (Å²) in [7, 11) is 0. The van der Waals surface area contributed by atoms with Gasteiger partial charge in [0.15, 0.2) is 0 Å². The van der Waals surface area contributed by atoms with Crippen LogP contribution in [0.2, 0.25) is 0 Å². The topological polar surface area (TPSA) is 23.6 Å². The first-order chi connectivity index (χ1) is 9.61. The molecule has 0 N–H and O–H groups in total. The minimum atomic E-state index is 0.184. The summed E-state index contributed by atoms with van der Waals surface area (Å²) >= 11 is 0. The van der Waals surface area contributed by atoms with Gasteiger partial charge in [0.2, 0.25) is 0 Å². The molecule has 0 unspecified atom stereocenters. The van der Waals surface area contributed by atoms with Crippen LogP contribution in [0.1, 0.15) is 41.3 Å². The molecule has 1 aliphatic heterocycles. The van der Waals surface area contributed by atoms with Crippen molar-refractivity contribution in [3.8, 4) is 0 Å². The number of unbranched alkanes of at least 4 members (excludes halogenated alkanes) is 1. The summed E-state index contributed by atoms with van der Waals surface area (Å²) < 4.78 is 0. The van der Waals surface area contributed by atoms with Crippen molar-refractivity contribution in [3.63, 3.8) is 0 Å². The fourth-order valence-electron chi connectivity index (χ4n) is 2.61. The van der Waals surface area contributed by atoms with Gasteiger partial charge in [0.25, 0.3) is 5.91 Å². The Morgan fingerprint density at radius 3 is 2.40 bits per heavy atom. The van der Waals surface area contributed by atoms with Crippen molar-refractivity contribution >= 4 is 5.91 Å². The van der Waals surface area contributed by atoms with Crippen LogP contribution in [0.25, 0.3) is 0 Å². The fourth-order valence-corrected chi connectivity index (χ4v) is 2.61. The lowest BCUT2D eigenvalue weighted by molar-refractivity contribution is 0.0635. The molecule has 1 amide bonds. The number of benzene rings is 1. The van der Waals surface area contributed by atoms with Crippen LogP contribution in [-0.2, 0) is 0 Å². The minimum absolute atomic E-state index is 0.184. The molecule has 0 spiro atoms. The number of carbonyl (C=O) groups is 1. The smallest absolute Gasteiger partial charge is 0.253 e. The van der Waals surface area contributed by atoms with E-state index >= 15 is 0 Å². The largest absolute Gasteiger partial charge is 0.336 e. The number of nitrogens with zero attached hydrogens (tertiary/aromatic N) is 2. The second-order valence-corrected chi connectivity index (χ2v) is 5.79. The van der Waals surface area contributed by atoms with Crippen LogP contribution in [-0.4, -0.2) is 48.4 Å². The van der Waals surface area contributed by atoms with Gasteiger partial charge < -0.3 is 4.90 Å². The van der Waals surface area contributed by atoms with E-state index in [2.05, 4.69) is 25.7 Å². The zero-order chi connectivity index (χ0) is 14.5. The molecule has 3 nitrogen and oxygen atoms in total. The molecule has 1 aromatic rings. The maximum absolute atomic E-state index is 12.5. The van der Waals surface area contributed by atoms with Crippen LogP contribution in [0.3, 0.4) is 0 Å². The first-order valence-corrected chi connectivity index (χ1v) is 7.70.